The van der Waals surface area contributed by atoms with Crippen molar-refractivity contribution in [2.45, 2.75) is 19.8 Å². The number of carbonyl (C=O) groups excluding carboxylic acids is 1. The molecule has 0 heterocycles. The van der Waals surface area contributed by atoms with Crippen LogP contribution in [0.15, 0.2) is 22.7 Å². The molecule has 0 radical (unpaired) electrons. The molecule has 5 nitrogen and oxygen atoms in total. The van der Waals surface area contributed by atoms with E-state index in [0.717, 1.165) is 0 Å². The summed E-state index contributed by atoms with van der Waals surface area (Å²) in [5.74, 6) is -1.31. The predicted molar refractivity (Wildman–Crippen MR) is 75.5 cm³/mol. The van der Waals surface area contributed by atoms with Crippen molar-refractivity contribution in [3.05, 3.63) is 28.2 Å². The molecule has 1 rings (SSSR count). The number of hydrogen-bond donors (Lipinski definition) is 2. The second-order valence-electron chi connectivity index (χ2n) is 3.82. The number of carboxylic acid groups (broad SMARTS) is 1. The Labute approximate surface area is 120 Å². The van der Waals surface area contributed by atoms with E-state index in [4.69, 9.17) is 9.84 Å². The Kier molecular flexibility index (Phi) is 6.52. The van der Waals surface area contributed by atoms with Crippen LogP contribution in [0.2, 0.25) is 0 Å². The van der Waals surface area contributed by atoms with Gasteiger partial charge in [0, 0.05) is 24.1 Å². The maximum Gasteiger partial charge on any atom is 0.337 e. The number of rotatable bonds is 7. The molecule has 0 spiro atoms. The Bertz CT molecular complexity index is 462. The van der Waals surface area contributed by atoms with Gasteiger partial charge in [-0.1, -0.05) is 6.07 Å². The minimum Gasteiger partial charge on any atom is -0.478 e. The molecule has 1 amide bonds. The van der Waals surface area contributed by atoms with Crippen molar-refractivity contribution in [3.63, 3.8) is 0 Å². The minimum absolute atomic E-state index is 0.0625. The van der Waals surface area contributed by atoms with Crippen molar-refractivity contribution < 1.29 is 19.4 Å². The summed E-state index contributed by atoms with van der Waals surface area (Å²) in [5, 5.41) is 11.7. The average molecular weight is 330 g/mol. The van der Waals surface area contributed by atoms with Crippen LogP contribution in [-0.4, -0.2) is 30.2 Å². The summed E-state index contributed by atoms with van der Waals surface area (Å²) in [7, 11) is 0. The molecule has 0 unspecified atom stereocenters. The van der Waals surface area contributed by atoms with Crippen molar-refractivity contribution in [2.24, 2.45) is 0 Å². The van der Waals surface area contributed by atoms with Crippen LogP contribution in [0, 0.1) is 0 Å². The fourth-order valence-electron chi connectivity index (χ4n) is 1.51. The van der Waals surface area contributed by atoms with E-state index in [2.05, 4.69) is 21.2 Å². The molecule has 0 aromatic heterocycles. The van der Waals surface area contributed by atoms with Gasteiger partial charge >= 0.3 is 5.97 Å². The van der Waals surface area contributed by atoms with Gasteiger partial charge in [0.2, 0.25) is 5.91 Å². The molecule has 0 bridgehead atoms. The van der Waals surface area contributed by atoms with Gasteiger partial charge in [-0.3, -0.25) is 4.79 Å². The summed E-state index contributed by atoms with van der Waals surface area (Å²) in [5.41, 5.74) is 0.351. The van der Waals surface area contributed by atoms with Gasteiger partial charge < -0.3 is 15.2 Å². The molecule has 0 aliphatic carbocycles. The lowest BCUT2D eigenvalue weighted by Crippen LogP contribution is -2.15. The molecule has 19 heavy (non-hydrogen) atoms. The molecule has 104 valence electrons. The standard InChI is InChI=1S/C13H16BrNO4/c1-2-19-8-4-7-11(16)15-12-9(13(17)18)5-3-6-10(12)14/h3,5-6H,2,4,7-8H2,1H3,(H,15,16)(H,17,18). The molecule has 0 aliphatic rings. The van der Waals surface area contributed by atoms with E-state index in [0.29, 0.717) is 30.5 Å². The van der Waals surface area contributed by atoms with Crippen LogP contribution in [-0.2, 0) is 9.53 Å². The van der Waals surface area contributed by atoms with Crippen LogP contribution >= 0.6 is 15.9 Å². The van der Waals surface area contributed by atoms with Crippen LogP contribution in [0.4, 0.5) is 5.69 Å². The summed E-state index contributed by atoms with van der Waals surface area (Å²) in [6, 6.07) is 4.74. The number of ether oxygens (including phenoxy) is 1. The molecule has 1 aromatic rings. The van der Waals surface area contributed by atoms with Gasteiger partial charge in [0.05, 0.1) is 11.3 Å². The molecule has 1 aromatic carbocycles. The molecule has 0 saturated carbocycles. The van der Waals surface area contributed by atoms with E-state index in [1.165, 1.54) is 6.07 Å². The molecule has 2 N–H and O–H groups in total. The van der Waals surface area contributed by atoms with Gasteiger partial charge in [0.15, 0.2) is 0 Å². The zero-order valence-corrected chi connectivity index (χ0v) is 12.2. The monoisotopic (exact) mass is 329 g/mol. The van der Waals surface area contributed by atoms with Gasteiger partial charge in [-0.15, -0.1) is 0 Å². The highest BCUT2D eigenvalue weighted by molar-refractivity contribution is 9.10. The van der Waals surface area contributed by atoms with Crippen LogP contribution in [0.5, 0.6) is 0 Å². The Morgan fingerprint density at radius 1 is 1.42 bits per heavy atom. The van der Waals surface area contributed by atoms with Crippen molar-refractivity contribution in [3.8, 4) is 0 Å². The normalized spacial score (nSPS) is 10.2. The maximum absolute atomic E-state index is 11.7. The number of hydrogen-bond acceptors (Lipinski definition) is 3. The van der Waals surface area contributed by atoms with E-state index in [1.54, 1.807) is 12.1 Å². The lowest BCUT2D eigenvalue weighted by molar-refractivity contribution is -0.116. The first-order chi connectivity index (χ1) is 9.06. The topological polar surface area (TPSA) is 75.6 Å². The van der Waals surface area contributed by atoms with E-state index in [-0.39, 0.29) is 17.2 Å². The predicted octanol–water partition coefficient (Wildman–Crippen LogP) is 2.90. The first kappa shape index (κ1) is 15.7. The summed E-state index contributed by atoms with van der Waals surface area (Å²) >= 11 is 3.23. The molecule has 0 atom stereocenters. The van der Waals surface area contributed by atoms with Gasteiger partial charge in [-0.2, -0.15) is 0 Å². The summed E-state index contributed by atoms with van der Waals surface area (Å²) in [4.78, 5) is 22.8. The first-order valence-corrected chi connectivity index (χ1v) is 6.75. The van der Waals surface area contributed by atoms with Crippen LogP contribution in [0.25, 0.3) is 0 Å². The van der Waals surface area contributed by atoms with Crippen molar-refractivity contribution >= 4 is 33.5 Å². The number of amides is 1. The van der Waals surface area contributed by atoms with Gasteiger partial charge in [0.25, 0.3) is 0 Å². The van der Waals surface area contributed by atoms with Crippen molar-refractivity contribution in [2.75, 3.05) is 18.5 Å². The number of carboxylic acids is 1. The van der Waals surface area contributed by atoms with E-state index in [1.807, 2.05) is 6.92 Å². The lowest BCUT2D eigenvalue weighted by atomic mass is 10.1. The summed E-state index contributed by atoms with van der Waals surface area (Å²) in [6.07, 6.45) is 0.896. The molecule has 0 aliphatic heterocycles. The Morgan fingerprint density at radius 2 is 2.16 bits per heavy atom. The van der Waals surface area contributed by atoms with Crippen LogP contribution in [0.1, 0.15) is 30.1 Å². The zero-order chi connectivity index (χ0) is 14.3. The second kappa shape index (κ2) is 7.91. The highest BCUT2D eigenvalue weighted by atomic mass is 79.9. The van der Waals surface area contributed by atoms with Crippen molar-refractivity contribution in [1.29, 1.82) is 0 Å². The van der Waals surface area contributed by atoms with Crippen molar-refractivity contribution in [1.82, 2.24) is 0 Å². The molecular weight excluding hydrogens is 314 g/mol. The minimum atomic E-state index is -1.08. The third-order valence-corrected chi connectivity index (χ3v) is 3.07. The summed E-state index contributed by atoms with van der Waals surface area (Å²) < 4.78 is 5.68. The van der Waals surface area contributed by atoms with E-state index >= 15 is 0 Å². The highest BCUT2D eigenvalue weighted by Crippen LogP contribution is 2.26. The number of para-hydroxylation sites is 1. The highest BCUT2D eigenvalue weighted by Gasteiger charge is 2.14. The fourth-order valence-corrected chi connectivity index (χ4v) is 1.98. The van der Waals surface area contributed by atoms with Gasteiger partial charge in [-0.25, -0.2) is 4.79 Å². The SMILES string of the molecule is CCOCCCC(=O)Nc1c(Br)cccc1C(=O)O. The number of aromatic carboxylic acids is 1. The second-order valence-corrected chi connectivity index (χ2v) is 4.67. The Balaban J connectivity index is 2.66. The van der Waals surface area contributed by atoms with Crippen LogP contribution < -0.4 is 5.32 Å². The number of benzene rings is 1. The quantitative estimate of drug-likeness (QED) is 0.754. The molecule has 6 heteroatoms. The average Bonchev–Trinajstić information content (AvgIpc) is 2.37. The van der Waals surface area contributed by atoms with Crippen LogP contribution in [0.3, 0.4) is 0 Å². The zero-order valence-electron chi connectivity index (χ0n) is 10.6. The Hall–Kier alpha value is -1.40. The van der Waals surface area contributed by atoms with E-state index < -0.39 is 5.97 Å². The lowest BCUT2D eigenvalue weighted by Gasteiger charge is -2.10. The van der Waals surface area contributed by atoms with Gasteiger partial charge in [0.1, 0.15) is 0 Å². The number of anilines is 1. The molecule has 0 saturated heterocycles. The number of halogens is 1. The smallest absolute Gasteiger partial charge is 0.337 e. The van der Waals surface area contributed by atoms with Gasteiger partial charge in [-0.05, 0) is 41.4 Å². The third kappa shape index (κ3) is 5.00. The summed E-state index contributed by atoms with van der Waals surface area (Å²) in [6.45, 7) is 3.03. The molecule has 0 fully saturated rings. The first-order valence-electron chi connectivity index (χ1n) is 5.95. The fraction of sp³-hybridized carbons (Fsp3) is 0.385. The molecular formula is C13H16BrNO4. The largest absolute Gasteiger partial charge is 0.478 e. The number of carbonyl (C=O) groups is 2. The Morgan fingerprint density at radius 3 is 2.79 bits per heavy atom. The number of nitrogens with one attached hydrogen (secondary N) is 1. The van der Waals surface area contributed by atoms with E-state index in [9.17, 15) is 9.59 Å². The third-order valence-electron chi connectivity index (χ3n) is 2.41. The maximum atomic E-state index is 11.7.